The first-order chi connectivity index (χ1) is 10.4. The summed E-state index contributed by atoms with van der Waals surface area (Å²) < 4.78 is 0. The summed E-state index contributed by atoms with van der Waals surface area (Å²) in [4.78, 5) is 23.2. The molecule has 3 rings (SSSR count). The van der Waals surface area contributed by atoms with Crippen LogP contribution in [0, 0.1) is 9.81 Å². The summed E-state index contributed by atoms with van der Waals surface area (Å²) >= 11 is -0.586. The molecule has 6 nitrogen and oxygen atoms in total. The van der Waals surface area contributed by atoms with Crippen LogP contribution in [0.3, 0.4) is 0 Å². The SMILES string of the molecule is [Cl][Mo][Cl].[N-]=O.[N-]=O.c1cnc2c(c1)ccc1cccnc12. The number of rotatable bonds is 0. The van der Waals surface area contributed by atoms with Gasteiger partial charge in [-0.3, -0.25) is 9.97 Å². The van der Waals surface area contributed by atoms with Gasteiger partial charge in [0.1, 0.15) is 0 Å². The molecular weight excluding hydrogens is 399 g/mol. The van der Waals surface area contributed by atoms with Gasteiger partial charge in [-0.25, -0.2) is 0 Å². The fourth-order valence-electron chi connectivity index (χ4n) is 1.68. The van der Waals surface area contributed by atoms with Gasteiger partial charge in [0.25, 0.3) is 0 Å². The average molecular weight is 407 g/mol. The maximum Gasteiger partial charge on any atom is 0.0964 e. The van der Waals surface area contributed by atoms with Crippen LogP contribution in [-0.4, -0.2) is 9.97 Å². The molecule has 0 aliphatic rings. The molecule has 2 aromatic heterocycles. The molecule has 1 aromatic carbocycles. The molecule has 0 atom stereocenters. The molecule has 0 bridgehead atoms. The number of nitroso groups, excluding NO2 is 2. The molecule has 0 spiro atoms. The van der Waals surface area contributed by atoms with E-state index >= 15 is 0 Å². The Bertz CT molecular complexity index is 618. The number of benzene rings is 1. The van der Waals surface area contributed by atoms with Crippen LogP contribution in [0.4, 0.5) is 0 Å². The quantitative estimate of drug-likeness (QED) is 0.394. The molecule has 0 amide bonds. The van der Waals surface area contributed by atoms with Crippen LogP contribution in [0.25, 0.3) is 33.0 Å². The Morgan fingerprint density at radius 3 is 1.43 bits per heavy atom. The van der Waals surface area contributed by atoms with Crippen LogP contribution in [0.15, 0.2) is 48.8 Å². The van der Waals surface area contributed by atoms with E-state index in [1.54, 1.807) is 12.4 Å². The molecular formula is C12H8Cl2MoN4O2-2. The molecule has 21 heavy (non-hydrogen) atoms. The van der Waals surface area contributed by atoms with Crippen molar-refractivity contribution in [3.8, 4) is 0 Å². The van der Waals surface area contributed by atoms with Crippen LogP contribution in [0.5, 0.6) is 0 Å². The van der Waals surface area contributed by atoms with Crippen molar-refractivity contribution in [3.63, 3.8) is 0 Å². The van der Waals surface area contributed by atoms with E-state index in [1.807, 2.05) is 12.1 Å². The van der Waals surface area contributed by atoms with Crippen molar-refractivity contribution in [2.24, 2.45) is 0 Å². The summed E-state index contributed by atoms with van der Waals surface area (Å²) in [5, 5.41) is 2.28. The molecule has 0 saturated carbocycles. The largest absolute Gasteiger partial charge is 0.577 e. The monoisotopic (exact) mass is 408 g/mol. The van der Waals surface area contributed by atoms with Crippen molar-refractivity contribution in [1.29, 1.82) is 0 Å². The summed E-state index contributed by atoms with van der Waals surface area (Å²) in [6.07, 6.45) is 3.60. The number of hydrogen-bond donors (Lipinski definition) is 0. The van der Waals surface area contributed by atoms with E-state index in [2.05, 4.69) is 34.2 Å². The summed E-state index contributed by atoms with van der Waals surface area (Å²) in [6.45, 7) is 0. The molecule has 0 aliphatic carbocycles. The van der Waals surface area contributed by atoms with Crippen molar-refractivity contribution in [3.05, 3.63) is 69.8 Å². The van der Waals surface area contributed by atoms with Crippen molar-refractivity contribution >= 4 is 40.6 Å². The molecule has 0 unspecified atom stereocenters. The van der Waals surface area contributed by atoms with Gasteiger partial charge >= 0.3 is 35.3 Å². The van der Waals surface area contributed by atoms with Gasteiger partial charge in [-0.05, 0) is 12.1 Å². The molecule has 2 heterocycles. The Hall–Kier alpha value is -1.49. The zero-order chi connectivity index (χ0) is 16.1. The zero-order valence-corrected chi connectivity index (χ0v) is 13.9. The van der Waals surface area contributed by atoms with Crippen LogP contribution in [0.1, 0.15) is 0 Å². The van der Waals surface area contributed by atoms with Crippen molar-refractivity contribution in [1.82, 2.24) is 9.97 Å². The fourth-order valence-corrected chi connectivity index (χ4v) is 1.68. The number of halogens is 2. The van der Waals surface area contributed by atoms with Crippen molar-refractivity contribution < 1.29 is 16.5 Å². The van der Waals surface area contributed by atoms with E-state index < -0.39 is 16.5 Å². The number of hydrogen-bond acceptors (Lipinski definition) is 4. The van der Waals surface area contributed by atoms with E-state index in [1.165, 1.54) is 0 Å². The van der Waals surface area contributed by atoms with E-state index in [9.17, 15) is 0 Å². The van der Waals surface area contributed by atoms with Crippen LogP contribution in [0.2, 0.25) is 0 Å². The Labute approximate surface area is 136 Å². The second-order valence-electron chi connectivity index (χ2n) is 3.27. The number of nitrogens with zero attached hydrogens (tertiary/aromatic N) is 4. The minimum atomic E-state index is -0.586. The van der Waals surface area contributed by atoms with Gasteiger partial charge in [-0.2, -0.15) is 0 Å². The third kappa shape index (κ3) is 5.79. The Morgan fingerprint density at radius 2 is 1.10 bits per heavy atom. The standard InChI is InChI=1S/C12H8N2.2ClH.Mo.2NO/c1-3-9-5-6-10-4-2-8-14-12(10)11(9)13-7-1;;;;2*1-2/h1-8H;2*1H;;;/q;;;+2;2*-1/p-2. The van der Waals surface area contributed by atoms with Gasteiger partial charge in [0, 0.05) is 23.2 Å². The first kappa shape index (κ1) is 19.5. The van der Waals surface area contributed by atoms with Crippen LogP contribution < -0.4 is 0 Å². The van der Waals surface area contributed by atoms with Gasteiger partial charge in [0.05, 0.1) is 11.0 Å². The summed E-state index contributed by atoms with van der Waals surface area (Å²) in [6, 6.07) is 12.1. The number of aromatic nitrogens is 2. The van der Waals surface area contributed by atoms with Gasteiger partial charge in [0.2, 0.25) is 0 Å². The number of pyridine rings is 2. The first-order valence-electron chi connectivity index (χ1n) is 5.21. The van der Waals surface area contributed by atoms with E-state index in [0.717, 1.165) is 21.8 Å². The van der Waals surface area contributed by atoms with Gasteiger partial charge in [-0.15, -0.1) is 0 Å². The van der Waals surface area contributed by atoms with Gasteiger partial charge in [0.15, 0.2) is 0 Å². The molecule has 3 aromatic rings. The average Bonchev–Trinajstić information content (AvgIpc) is 2.59. The minimum Gasteiger partial charge on any atom is -0.577 e. The van der Waals surface area contributed by atoms with E-state index in [4.69, 9.17) is 39.8 Å². The van der Waals surface area contributed by atoms with Crippen molar-refractivity contribution in [2.75, 3.05) is 0 Å². The minimum absolute atomic E-state index is 0.586. The second kappa shape index (κ2) is 12.3. The van der Waals surface area contributed by atoms with Crippen LogP contribution in [-0.2, 0) is 16.5 Å². The predicted octanol–water partition coefficient (Wildman–Crippen LogP) is 4.80. The summed E-state index contributed by atoms with van der Waals surface area (Å²) in [5.41, 5.74) is 13.5. The van der Waals surface area contributed by atoms with Crippen LogP contribution >= 0.6 is 18.8 Å². The smallest absolute Gasteiger partial charge is 0.0964 e. The summed E-state index contributed by atoms with van der Waals surface area (Å²) in [5.74, 6) is 0. The zero-order valence-electron chi connectivity index (χ0n) is 10.4. The van der Waals surface area contributed by atoms with Gasteiger partial charge in [-0.1, -0.05) is 24.3 Å². The van der Waals surface area contributed by atoms with Crippen molar-refractivity contribution in [2.45, 2.75) is 0 Å². The van der Waals surface area contributed by atoms with E-state index in [-0.39, 0.29) is 0 Å². The predicted molar refractivity (Wildman–Crippen MR) is 82.2 cm³/mol. The fraction of sp³-hybridized carbons (Fsp3) is 0. The molecule has 0 radical (unpaired) electrons. The molecule has 0 aliphatic heterocycles. The third-order valence-electron chi connectivity index (χ3n) is 2.34. The molecule has 0 fully saturated rings. The summed E-state index contributed by atoms with van der Waals surface area (Å²) in [7, 11) is 9.79. The maximum atomic E-state index is 7.25. The molecule has 110 valence electrons. The molecule has 9 heteroatoms. The molecule has 0 N–H and O–H groups in total. The Balaban J connectivity index is 0.000000500. The number of fused-ring (bicyclic) bond motifs is 3. The van der Waals surface area contributed by atoms with E-state index in [0.29, 0.717) is 0 Å². The molecule has 0 saturated heterocycles. The maximum absolute atomic E-state index is 7.25. The normalized spacial score (nSPS) is 8.48. The Morgan fingerprint density at radius 1 is 0.762 bits per heavy atom. The first-order valence-corrected chi connectivity index (χ1v) is 10.4. The Kier molecular flexibility index (Phi) is 11.4. The van der Waals surface area contributed by atoms with Gasteiger partial charge < -0.3 is 21.0 Å². The second-order valence-corrected chi connectivity index (χ2v) is 6.32. The topological polar surface area (TPSA) is 105 Å². The third-order valence-corrected chi connectivity index (χ3v) is 2.34.